The number of carbonyl (C=O) groups is 2. The number of fused-ring (bicyclic) bond motifs is 2. The molecule has 3 atom stereocenters. The number of likely N-dealkylation sites (tertiary alicyclic amines) is 1. The summed E-state index contributed by atoms with van der Waals surface area (Å²) in [6.07, 6.45) is 1.46. The summed E-state index contributed by atoms with van der Waals surface area (Å²) in [4.78, 5) is 31.6. The average molecular weight is 517 g/mol. The van der Waals surface area contributed by atoms with Crippen molar-refractivity contribution in [2.24, 2.45) is 11.8 Å². The zero-order valence-electron chi connectivity index (χ0n) is 20.4. The molecule has 2 heterocycles. The molecule has 1 aromatic heterocycles. The van der Waals surface area contributed by atoms with Crippen molar-refractivity contribution in [1.82, 2.24) is 20.5 Å². The number of aromatic nitrogens is 1. The summed E-state index contributed by atoms with van der Waals surface area (Å²) >= 11 is 0. The van der Waals surface area contributed by atoms with Crippen LogP contribution in [0, 0.1) is 11.8 Å². The monoisotopic (exact) mass is 516 g/mol. The Morgan fingerprint density at radius 1 is 1.08 bits per heavy atom. The standard InChI is InChI=1S/C27H31F3N4O3/c28-27(29,30)20-5-3-4-17(12-20)25(36)32-15-23(35)33-21-9-11-34(16-21)24-18-7-8-19(24)14-26(37,13-18)22-6-1-2-10-31-22/h1-6,10,12,18-19,21,24,37H,7-9,11,13-16H2,(H,32,36)(H,33,35)/t18?,19?,21-,24?,26?/m1/s1. The van der Waals surface area contributed by atoms with E-state index in [1.807, 2.05) is 18.2 Å². The van der Waals surface area contributed by atoms with Gasteiger partial charge in [-0.3, -0.25) is 19.5 Å². The molecule has 198 valence electrons. The third kappa shape index (κ3) is 5.50. The van der Waals surface area contributed by atoms with Crippen molar-refractivity contribution in [2.45, 2.75) is 56.0 Å². The summed E-state index contributed by atoms with van der Waals surface area (Å²) in [5.41, 5.74) is -1.21. The van der Waals surface area contributed by atoms with Crippen LogP contribution in [-0.2, 0) is 16.6 Å². The Labute approximate surface area is 213 Å². The second-order valence-corrected chi connectivity index (χ2v) is 10.6. The van der Waals surface area contributed by atoms with Crippen LogP contribution in [0.5, 0.6) is 0 Å². The van der Waals surface area contributed by atoms with Gasteiger partial charge < -0.3 is 15.7 Å². The summed E-state index contributed by atoms with van der Waals surface area (Å²) < 4.78 is 38.7. The highest BCUT2D eigenvalue weighted by Gasteiger charge is 2.52. The molecule has 10 heteroatoms. The topological polar surface area (TPSA) is 94.6 Å². The van der Waals surface area contributed by atoms with Gasteiger partial charge in [-0.2, -0.15) is 13.2 Å². The van der Waals surface area contributed by atoms with Crippen molar-refractivity contribution in [1.29, 1.82) is 0 Å². The van der Waals surface area contributed by atoms with E-state index in [-0.39, 0.29) is 24.1 Å². The van der Waals surface area contributed by atoms with Crippen LogP contribution in [0.25, 0.3) is 0 Å². The Kier molecular flexibility index (Phi) is 6.97. The van der Waals surface area contributed by atoms with Crippen LogP contribution in [0.4, 0.5) is 13.2 Å². The minimum atomic E-state index is -4.54. The summed E-state index contributed by atoms with van der Waals surface area (Å²) in [5.74, 6) is -0.365. The van der Waals surface area contributed by atoms with Crippen molar-refractivity contribution in [2.75, 3.05) is 19.6 Å². The van der Waals surface area contributed by atoms with Crippen LogP contribution in [0.3, 0.4) is 0 Å². The molecule has 2 aliphatic carbocycles. The van der Waals surface area contributed by atoms with Gasteiger partial charge in [-0.1, -0.05) is 12.1 Å². The molecule has 0 spiro atoms. The number of pyridine rings is 1. The number of hydrogen-bond donors (Lipinski definition) is 3. The molecule has 3 N–H and O–H groups in total. The molecule has 2 saturated carbocycles. The van der Waals surface area contributed by atoms with E-state index in [9.17, 15) is 27.9 Å². The Balaban J connectivity index is 1.12. The lowest BCUT2D eigenvalue weighted by atomic mass is 9.72. The maximum Gasteiger partial charge on any atom is 0.416 e. The molecular formula is C27H31F3N4O3. The van der Waals surface area contributed by atoms with Gasteiger partial charge in [0, 0.05) is 36.9 Å². The van der Waals surface area contributed by atoms with E-state index >= 15 is 0 Å². The predicted molar refractivity (Wildman–Crippen MR) is 129 cm³/mol. The average Bonchev–Trinajstić information content (AvgIpc) is 3.44. The highest BCUT2D eigenvalue weighted by molar-refractivity contribution is 5.96. The number of nitrogens with zero attached hydrogens (tertiary/aromatic N) is 2. The van der Waals surface area contributed by atoms with Gasteiger partial charge in [-0.15, -0.1) is 0 Å². The maximum atomic E-state index is 12.9. The van der Waals surface area contributed by atoms with Gasteiger partial charge in [0.2, 0.25) is 5.91 Å². The third-order valence-electron chi connectivity index (χ3n) is 8.08. The fraction of sp³-hybridized carbons (Fsp3) is 0.519. The first-order valence-electron chi connectivity index (χ1n) is 12.8. The quantitative estimate of drug-likeness (QED) is 0.549. The number of hydrogen-bond acceptors (Lipinski definition) is 5. The number of rotatable bonds is 6. The van der Waals surface area contributed by atoms with E-state index in [1.165, 1.54) is 12.1 Å². The van der Waals surface area contributed by atoms with Crippen LogP contribution < -0.4 is 10.6 Å². The van der Waals surface area contributed by atoms with E-state index in [0.717, 1.165) is 43.6 Å². The molecular weight excluding hydrogens is 485 g/mol. The van der Waals surface area contributed by atoms with Gasteiger partial charge in [0.1, 0.15) is 5.60 Å². The number of aliphatic hydroxyl groups is 1. The molecule has 1 aromatic carbocycles. The van der Waals surface area contributed by atoms with Crippen LogP contribution in [-0.4, -0.2) is 58.5 Å². The smallest absolute Gasteiger partial charge is 0.384 e. The van der Waals surface area contributed by atoms with Crippen molar-refractivity contribution >= 4 is 11.8 Å². The van der Waals surface area contributed by atoms with Crippen LogP contribution in [0.1, 0.15) is 53.7 Å². The highest BCUT2D eigenvalue weighted by Crippen LogP contribution is 2.52. The number of amides is 2. The lowest BCUT2D eigenvalue weighted by Gasteiger charge is -2.44. The second kappa shape index (κ2) is 10.1. The Morgan fingerprint density at radius 2 is 1.84 bits per heavy atom. The lowest BCUT2D eigenvalue weighted by molar-refractivity contribution is -0.137. The molecule has 1 saturated heterocycles. The van der Waals surface area contributed by atoms with E-state index in [2.05, 4.69) is 20.5 Å². The maximum absolute atomic E-state index is 12.9. The van der Waals surface area contributed by atoms with E-state index < -0.39 is 23.2 Å². The number of benzene rings is 1. The summed E-state index contributed by atoms with van der Waals surface area (Å²) in [5, 5.41) is 16.7. The van der Waals surface area contributed by atoms with Gasteiger partial charge in [0.15, 0.2) is 0 Å². The summed E-state index contributed by atoms with van der Waals surface area (Å²) in [6.45, 7) is 1.24. The Hall–Kier alpha value is -2.98. The second-order valence-electron chi connectivity index (χ2n) is 10.6. The summed E-state index contributed by atoms with van der Waals surface area (Å²) in [7, 11) is 0. The number of alkyl halides is 3. The van der Waals surface area contributed by atoms with Crippen molar-refractivity contribution in [3.05, 3.63) is 65.5 Å². The van der Waals surface area contributed by atoms with Gasteiger partial charge in [0.25, 0.3) is 5.91 Å². The van der Waals surface area contributed by atoms with Gasteiger partial charge in [-0.25, -0.2) is 0 Å². The predicted octanol–water partition coefficient (Wildman–Crippen LogP) is 3.10. The molecule has 7 nitrogen and oxygen atoms in total. The first-order chi connectivity index (χ1) is 17.6. The first-order valence-corrected chi connectivity index (χ1v) is 12.8. The normalized spacial score (nSPS) is 29.7. The van der Waals surface area contributed by atoms with Gasteiger partial charge in [-0.05, 0) is 74.3 Å². The molecule has 0 radical (unpaired) electrons. The zero-order chi connectivity index (χ0) is 26.2. The number of halogens is 3. The Bertz CT molecular complexity index is 1130. The molecule has 3 fully saturated rings. The largest absolute Gasteiger partial charge is 0.416 e. The van der Waals surface area contributed by atoms with E-state index in [4.69, 9.17) is 0 Å². The van der Waals surface area contributed by atoms with Crippen LogP contribution in [0.2, 0.25) is 0 Å². The molecule has 2 unspecified atom stereocenters. The first kappa shape index (κ1) is 25.7. The SMILES string of the molecule is O=C(CNC(=O)c1cccc(C(F)(F)F)c1)N[C@@H]1CCN(C2C3CCC2CC(O)(c2ccccn2)C3)C1. The third-order valence-corrected chi connectivity index (χ3v) is 8.08. The van der Waals surface area contributed by atoms with Gasteiger partial charge in [0.05, 0.1) is 17.8 Å². The highest BCUT2D eigenvalue weighted by atomic mass is 19.4. The van der Waals surface area contributed by atoms with Crippen molar-refractivity contribution in [3.63, 3.8) is 0 Å². The number of nitrogens with one attached hydrogen (secondary N) is 2. The van der Waals surface area contributed by atoms with Crippen LogP contribution >= 0.6 is 0 Å². The van der Waals surface area contributed by atoms with E-state index in [1.54, 1.807) is 6.20 Å². The molecule has 2 amide bonds. The zero-order valence-corrected chi connectivity index (χ0v) is 20.4. The molecule has 2 aromatic rings. The van der Waals surface area contributed by atoms with Crippen molar-refractivity contribution in [3.8, 4) is 0 Å². The molecule has 37 heavy (non-hydrogen) atoms. The molecule has 3 aliphatic rings. The summed E-state index contributed by atoms with van der Waals surface area (Å²) in [6, 6.07) is 10.1. The minimum Gasteiger partial charge on any atom is -0.384 e. The fourth-order valence-corrected chi connectivity index (χ4v) is 6.55. The van der Waals surface area contributed by atoms with Crippen LogP contribution in [0.15, 0.2) is 48.7 Å². The molecule has 5 rings (SSSR count). The van der Waals surface area contributed by atoms with E-state index in [0.29, 0.717) is 37.3 Å². The van der Waals surface area contributed by atoms with Crippen molar-refractivity contribution < 1.29 is 27.9 Å². The Morgan fingerprint density at radius 3 is 2.51 bits per heavy atom. The lowest BCUT2D eigenvalue weighted by Crippen LogP contribution is -2.50. The fourth-order valence-electron chi connectivity index (χ4n) is 6.55. The molecule has 2 bridgehead atoms. The minimum absolute atomic E-state index is 0.0611. The van der Waals surface area contributed by atoms with Gasteiger partial charge >= 0.3 is 6.18 Å². The number of carbonyl (C=O) groups excluding carboxylic acids is 2. The molecule has 1 aliphatic heterocycles.